The van der Waals surface area contributed by atoms with E-state index in [9.17, 15) is 31.5 Å². The van der Waals surface area contributed by atoms with Crippen molar-refractivity contribution < 1.29 is 31.5 Å². The second-order valence-electron chi connectivity index (χ2n) is 6.21. The first-order valence-corrected chi connectivity index (χ1v) is 8.95. The van der Waals surface area contributed by atoms with E-state index in [4.69, 9.17) is 23.2 Å². The van der Waals surface area contributed by atoms with E-state index in [0.29, 0.717) is 0 Å². The number of nitrogens with one attached hydrogen (secondary N) is 3. The van der Waals surface area contributed by atoms with Gasteiger partial charge in [-0.15, -0.1) is 0 Å². The number of carbonyl (C=O) groups excluding carboxylic acids is 2. The Morgan fingerprint density at radius 3 is 2.53 bits per heavy atom. The number of halogens is 7. The van der Waals surface area contributed by atoms with Crippen LogP contribution in [-0.2, 0) is 11.0 Å². The van der Waals surface area contributed by atoms with E-state index in [1.807, 2.05) is 0 Å². The smallest absolute Gasteiger partial charge is 0.343 e. The fourth-order valence-corrected chi connectivity index (χ4v) is 3.23. The molecule has 0 saturated carbocycles. The molecular formula is C17H11Cl2F5N4O2. The Hall–Kier alpha value is -2.66. The van der Waals surface area contributed by atoms with Crippen LogP contribution < -0.4 is 16.0 Å². The number of amides is 3. The summed E-state index contributed by atoms with van der Waals surface area (Å²) in [5.74, 6) is -3.08. The van der Waals surface area contributed by atoms with E-state index < -0.39 is 57.6 Å². The molecule has 13 heteroatoms. The number of rotatable bonds is 4. The Kier molecular flexibility index (Phi) is 6.04. The summed E-state index contributed by atoms with van der Waals surface area (Å²) in [6, 6.07) is -0.416. The van der Waals surface area contributed by atoms with E-state index in [2.05, 4.69) is 20.9 Å². The van der Waals surface area contributed by atoms with E-state index in [0.717, 1.165) is 24.4 Å². The molecule has 0 aliphatic carbocycles. The highest BCUT2D eigenvalue weighted by Gasteiger charge is 2.36. The molecule has 6 nitrogen and oxygen atoms in total. The Bertz CT molecular complexity index is 1020. The van der Waals surface area contributed by atoms with Gasteiger partial charge in [0.1, 0.15) is 22.7 Å². The fraction of sp³-hybridized carbons (Fsp3) is 0.235. The van der Waals surface area contributed by atoms with Crippen LogP contribution in [0.4, 0.5) is 26.7 Å². The van der Waals surface area contributed by atoms with Crippen molar-refractivity contribution in [3.05, 3.63) is 62.9 Å². The minimum Gasteiger partial charge on any atom is -0.343 e. The molecule has 0 radical (unpaired) electrons. The molecule has 1 aromatic carbocycles. The van der Waals surface area contributed by atoms with Crippen LogP contribution in [-0.4, -0.2) is 29.5 Å². The zero-order valence-corrected chi connectivity index (χ0v) is 16.1. The van der Waals surface area contributed by atoms with Crippen LogP contribution in [0.3, 0.4) is 0 Å². The van der Waals surface area contributed by atoms with Gasteiger partial charge in [0.2, 0.25) is 5.91 Å². The maximum Gasteiger partial charge on any atom is 0.434 e. The molecule has 0 bridgehead atoms. The number of alkyl halides is 3. The summed E-state index contributed by atoms with van der Waals surface area (Å²) in [6.07, 6.45) is -4.08. The molecule has 2 atom stereocenters. The van der Waals surface area contributed by atoms with Gasteiger partial charge in [0.05, 0.1) is 11.1 Å². The summed E-state index contributed by atoms with van der Waals surface area (Å²) in [4.78, 5) is 27.0. The first-order chi connectivity index (χ1) is 14.0. The van der Waals surface area contributed by atoms with E-state index in [1.165, 1.54) is 0 Å². The number of nitrogens with zero attached hydrogens (tertiary/aromatic N) is 1. The van der Waals surface area contributed by atoms with Gasteiger partial charge in [-0.2, -0.15) is 13.2 Å². The summed E-state index contributed by atoms with van der Waals surface area (Å²) in [5.41, 5.74) is -1.84. The summed E-state index contributed by atoms with van der Waals surface area (Å²) < 4.78 is 67.0. The first-order valence-electron chi connectivity index (χ1n) is 8.19. The van der Waals surface area contributed by atoms with Crippen LogP contribution in [0, 0.1) is 11.6 Å². The van der Waals surface area contributed by atoms with E-state index >= 15 is 0 Å². The average molecular weight is 469 g/mol. The van der Waals surface area contributed by atoms with Crippen molar-refractivity contribution >= 4 is 35.1 Å². The summed E-state index contributed by atoms with van der Waals surface area (Å²) >= 11 is 11.3. The third-order valence-electron chi connectivity index (χ3n) is 4.22. The van der Waals surface area contributed by atoms with E-state index in [-0.39, 0.29) is 17.7 Å². The van der Waals surface area contributed by atoms with Gasteiger partial charge in [-0.25, -0.2) is 18.6 Å². The van der Waals surface area contributed by atoms with Crippen LogP contribution in [0.2, 0.25) is 10.0 Å². The Balaban J connectivity index is 2.04. The van der Waals surface area contributed by atoms with Crippen molar-refractivity contribution in [1.82, 2.24) is 20.9 Å². The highest BCUT2D eigenvalue weighted by atomic mass is 35.5. The van der Waals surface area contributed by atoms with Crippen LogP contribution in [0.1, 0.15) is 22.9 Å². The molecule has 3 rings (SSSR count). The zero-order valence-electron chi connectivity index (χ0n) is 14.6. The van der Waals surface area contributed by atoms with Gasteiger partial charge in [-0.1, -0.05) is 29.3 Å². The highest BCUT2D eigenvalue weighted by molar-refractivity contribution is 6.31. The molecule has 160 valence electrons. The average Bonchev–Trinajstić information content (AvgIpc) is 3.10. The Labute approximate surface area is 175 Å². The molecule has 2 aromatic rings. The number of hydrogen-bond donors (Lipinski definition) is 3. The summed E-state index contributed by atoms with van der Waals surface area (Å²) in [5, 5.41) is 5.39. The molecule has 1 aliphatic rings. The molecule has 1 fully saturated rings. The molecule has 3 N–H and O–H groups in total. The molecular weight excluding hydrogens is 458 g/mol. The van der Waals surface area contributed by atoms with Crippen LogP contribution in [0.25, 0.3) is 0 Å². The van der Waals surface area contributed by atoms with Crippen LogP contribution in [0.5, 0.6) is 0 Å². The van der Waals surface area contributed by atoms with Crippen molar-refractivity contribution in [2.75, 3.05) is 6.54 Å². The van der Waals surface area contributed by atoms with E-state index in [1.54, 1.807) is 0 Å². The standard InChI is InChI=1S/C17H11Cl2F5N4O2/c18-8-3-6(4-25-14(8)17(22,23)24)13(7-1-2-9(20)11(19)12(7)21)28-15(29)10-5-26-16(30)27-10/h1-4,10,13H,5H2,(H,28,29)(H2,26,27,30)/t10-,13-/m0/s1. The molecule has 1 saturated heterocycles. The largest absolute Gasteiger partial charge is 0.434 e. The van der Waals surface area contributed by atoms with Crippen molar-refractivity contribution in [2.45, 2.75) is 18.3 Å². The number of urea groups is 1. The van der Waals surface area contributed by atoms with Gasteiger partial charge in [-0.05, 0) is 17.7 Å². The number of carbonyl (C=O) groups is 2. The molecule has 30 heavy (non-hydrogen) atoms. The van der Waals surface area contributed by atoms with Gasteiger partial charge in [0.15, 0.2) is 5.69 Å². The number of hydrogen-bond acceptors (Lipinski definition) is 3. The third-order valence-corrected chi connectivity index (χ3v) is 4.85. The van der Waals surface area contributed by atoms with Gasteiger partial charge in [-0.3, -0.25) is 4.79 Å². The maximum atomic E-state index is 14.6. The lowest BCUT2D eigenvalue weighted by Crippen LogP contribution is -2.44. The SMILES string of the molecule is O=C1NC[C@@H](C(=O)N[C@@H](c2cnc(C(F)(F)F)c(Cl)c2)c2ccc(F)c(Cl)c2F)N1. The minimum absolute atomic E-state index is 0.0734. The molecule has 0 unspecified atom stereocenters. The number of benzene rings is 1. The van der Waals surface area contributed by atoms with Gasteiger partial charge in [0.25, 0.3) is 0 Å². The molecule has 3 amide bonds. The molecule has 0 spiro atoms. The normalized spacial score (nSPS) is 17.3. The predicted octanol–water partition coefficient (Wildman–Crippen LogP) is 3.57. The van der Waals surface area contributed by atoms with Crippen molar-refractivity contribution in [3.8, 4) is 0 Å². The highest BCUT2D eigenvalue weighted by Crippen LogP contribution is 2.36. The Morgan fingerprint density at radius 2 is 1.97 bits per heavy atom. The molecule has 1 aliphatic heterocycles. The van der Waals surface area contributed by atoms with Crippen molar-refractivity contribution in [1.29, 1.82) is 0 Å². The van der Waals surface area contributed by atoms with Gasteiger partial charge < -0.3 is 16.0 Å². The number of aromatic nitrogens is 1. The number of pyridine rings is 1. The van der Waals surface area contributed by atoms with Crippen LogP contribution in [0.15, 0.2) is 24.4 Å². The van der Waals surface area contributed by atoms with Crippen LogP contribution >= 0.6 is 23.2 Å². The monoisotopic (exact) mass is 468 g/mol. The van der Waals surface area contributed by atoms with Crippen molar-refractivity contribution in [3.63, 3.8) is 0 Å². The lowest BCUT2D eigenvalue weighted by Gasteiger charge is -2.23. The topological polar surface area (TPSA) is 83.1 Å². The molecule has 1 aromatic heterocycles. The maximum absolute atomic E-state index is 14.6. The second-order valence-corrected chi connectivity index (χ2v) is 7.00. The lowest BCUT2D eigenvalue weighted by atomic mass is 9.98. The second kappa shape index (κ2) is 8.23. The predicted molar refractivity (Wildman–Crippen MR) is 95.9 cm³/mol. The zero-order chi connectivity index (χ0) is 22.2. The first kappa shape index (κ1) is 22.0. The summed E-state index contributed by atoms with van der Waals surface area (Å²) in [7, 11) is 0. The Morgan fingerprint density at radius 1 is 1.27 bits per heavy atom. The van der Waals surface area contributed by atoms with Gasteiger partial charge in [0, 0.05) is 18.3 Å². The van der Waals surface area contributed by atoms with Gasteiger partial charge >= 0.3 is 12.2 Å². The summed E-state index contributed by atoms with van der Waals surface area (Å²) in [6.45, 7) is -0.0734. The van der Waals surface area contributed by atoms with Crippen molar-refractivity contribution in [2.24, 2.45) is 0 Å². The third kappa shape index (κ3) is 4.41. The minimum atomic E-state index is -4.83. The fourth-order valence-electron chi connectivity index (χ4n) is 2.78. The lowest BCUT2D eigenvalue weighted by molar-refractivity contribution is -0.141. The quantitative estimate of drug-likeness (QED) is 0.473. The molecule has 2 heterocycles.